The molecule has 0 saturated heterocycles. The summed E-state index contributed by atoms with van der Waals surface area (Å²) in [5, 5.41) is 7.69. The third-order valence-corrected chi connectivity index (χ3v) is 7.88. The maximum Gasteiger partial charge on any atom is 2.00 e. The Labute approximate surface area is 252 Å². The molecule has 5 heteroatoms. The second kappa shape index (κ2) is 10.5. The second-order valence-corrected chi connectivity index (χ2v) is 10.2. The monoisotopic (exact) mass is 707 g/mol. The van der Waals surface area contributed by atoms with Crippen LogP contribution in [0.4, 0.5) is 11.4 Å². The van der Waals surface area contributed by atoms with Crippen molar-refractivity contribution < 1.29 is 21.1 Å². The van der Waals surface area contributed by atoms with Gasteiger partial charge in [-0.15, -0.1) is 22.4 Å². The molecule has 4 heterocycles. The third-order valence-electron chi connectivity index (χ3n) is 7.88. The number of pyridine rings is 2. The first-order valence-electron chi connectivity index (χ1n) is 13.6. The summed E-state index contributed by atoms with van der Waals surface area (Å²) >= 11 is 0. The molecule has 4 nitrogen and oxygen atoms in total. The fraction of sp³-hybridized carbons (Fsp3) is 0.0556. The van der Waals surface area contributed by atoms with Gasteiger partial charge in [0.1, 0.15) is 0 Å². The van der Waals surface area contributed by atoms with Crippen molar-refractivity contribution in [2.45, 2.75) is 12.8 Å². The van der Waals surface area contributed by atoms with Crippen LogP contribution in [0.15, 0.2) is 122 Å². The first kappa shape index (κ1) is 25.4. The number of hydrogen-bond donors (Lipinski definition) is 0. The largest absolute Gasteiger partial charge is 2.00 e. The standard InChI is InChI=1S/C36H24N4.Pt/c1-3-21-37-31(17-1)29-15-6-10-24-20-19-23-9-5-11-25(33(23)39-34(24)29)26-12-7-13-27-28-14-8-16-30(36(28)40-35(26)27)32-18-2-4-22-38-32;/h1-18,21-22H,19-20H2;/q-2;+2. The number of hydrogen-bond acceptors (Lipinski definition) is 2. The van der Waals surface area contributed by atoms with Crippen LogP contribution in [-0.4, -0.2) is 9.97 Å². The van der Waals surface area contributed by atoms with Gasteiger partial charge >= 0.3 is 21.1 Å². The van der Waals surface area contributed by atoms with Crippen LogP contribution >= 0.6 is 0 Å². The van der Waals surface area contributed by atoms with Crippen LogP contribution in [0, 0.1) is 0 Å². The van der Waals surface area contributed by atoms with E-state index in [9.17, 15) is 0 Å². The van der Waals surface area contributed by atoms with E-state index < -0.39 is 0 Å². The van der Waals surface area contributed by atoms with E-state index in [2.05, 4.69) is 88.8 Å². The van der Waals surface area contributed by atoms with Gasteiger partial charge in [0.25, 0.3) is 0 Å². The van der Waals surface area contributed by atoms with Gasteiger partial charge in [0.05, 0.1) is 11.4 Å². The summed E-state index contributed by atoms with van der Waals surface area (Å²) in [7, 11) is 0. The summed E-state index contributed by atoms with van der Waals surface area (Å²) in [6, 6.07) is 37.9. The molecule has 1 aliphatic rings. The van der Waals surface area contributed by atoms with E-state index in [1.165, 1.54) is 11.1 Å². The number of aromatic nitrogens is 3. The number of aryl methyl sites for hydroxylation is 2. The number of fused-ring (bicyclic) bond motifs is 5. The van der Waals surface area contributed by atoms with Crippen molar-refractivity contribution in [3.05, 3.63) is 138 Å². The van der Waals surface area contributed by atoms with E-state index in [4.69, 9.17) is 10.3 Å². The van der Waals surface area contributed by atoms with Gasteiger partial charge < -0.3 is 10.3 Å². The zero-order chi connectivity index (χ0) is 26.5. The van der Waals surface area contributed by atoms with Gasteiger partial charge in [0.2, 0.25) is 0 Å². The van der Waals surface area contributed by atoms with Gasteiger partial charge in [0.15, 0.2) is 0 Å². The molecule has 41 heavy (non-hydrogen) atoms. The number of para-hydroxylation sites is 4. The number of rotatable bonds is 3. The first-order chi connectivity index (χ1) is 19.8. The molecule has 3 aromatic heterocycles. The molecule has 0 N–H and O–H groups in total. The third kappa shape index (κ3) is 4.27. The average molecular weight is 708 g/mol. The zero-order valence-corrected chi connectivity index (χ0v) is 24.3. The van der Waals surface area contributed by atoms with Crippen molar-refractivity contribution >= 4 is 33.2 Å². The van der Waals surface area contributed by atoms with Gasteiger partial charge in [-0.05, 0) is 70.1 Å². The Morgan fingerprint density at radius 3 is 1.61 bits per heavy atom. The van der Waals surface area contributed by atoms with E-state index in [1.54, 1.807) is 0 Å². The smallest absolute Gasteiger partial charge is 0.656 e. The van der Waals surface area contributed by atoms with Crippen molar-refractivity contribution in [1.29, 1.82) is 0 Å². The minimum Gasteiger partial charge on any atom is -0.656 e. The summed E-state index contributed by atoms with van der Waals surface area (Å²) in [5.41, 5.74) is 12.7. The molecule has 198 valence electrons. The van der Waals surface area contributed by atoms with Crippen LogP contribution in [0.25, 0.3) is 60.8 Å². The van der Waals surface area contributed by atoms with E-state index in [-0.39, 0.29) is 21.1 Å². The Bertz CT molecular complexity index is 2030. The maximum atomic E-state index is 5.40. The van der Waals surface area contributed by atoms with Crippen molar-refractivity contribution in [3.8, 4) is 33.6 Å². The second-order valence-electron chi connectivity index (χ2n) is 10.2. The summed E-state index contributed by atoms with van der Waals surface area (Å²) < 4.78 is 0. The molecule has 0 fully saturated rings. The Morgan fingerprint density at radius 2 is 0.976 bits per heavy atom. The average Bonchev–Trinajstić information content (AvgIpc) is 3.29. The molecule has 0 spiro atoms. The molecular formula is C36H24N4Pt. The molecule has 7 aromatic rings. The summed E-state index contributed by atoms with van der Waals surface area (Å²) in [6.07, 6.45) is 5.55. The van der Waals surface area contributed by atoms with E-state index in [0.29, 0.717) is 0 Å². The predicted octanol–water partition coefficient (Wildman–Crippen LogP) is 9.17. The molecule has 0 atom stereocenters. The molecular weight excluding hydrogens is 684 g/mol. The minimum absolute atomic E-state index is 0. The van der Waals surface area contributed by atoms with Crippen molar-refractivity contribution in [2.24, 2.45) is 0 Å². The Morgan fingerprint density at radius 1 is 0.463 bits per heavy atom. The van der Waals surface area contributed by atoms with E-state index in [1.807, 2.05) is 42.7 Å². The van der Waals surface area contributed by atoms with Crippen LogP contribution in [-0.2, 0) is 33.9 Å². The fourth-order valence-corrected chi connectivity index (χ4v) is 6.00. The van der Waals surface area contributed by atoms with Crippen LogP contribution < -0.4 is 4.98 Å². The topological polar surface area (TPSA) is 54.0 Å². The van der Waals surface area contributed by atoms with Crippen molar-refractivity contribution in [1.82, 2.24) is 15.0 Å². The van der Waals surface area contributed by atoms with Gasteiger partial charge in [-0.25, -0.2) is 0 Å². The van der Waals surface area contributed by atoms with E-state index >= 15 is 0 Å². The molecule has 0 radical (unpaired) electrons. The molecule has 0 unspecified atom stereocenters. The van der Waals surface area contributed by atoms with Crippen molar-refractivity contribution in [2.75, 3.05) is 0 Å². The molecule has 4 aromatic carbocycles. The molecule has 1 aliphatic heterocycles. The van der Waals surface area contributed by atoms with Gasteiger partial charge in [-0.3, -0.25) is 9.97 Å². The van der Waals surface area contributed by atoms with Crippen molar-refractivity contribution in [3.63, 3.8) is 0 Å². The van der Waals surface area contributed by atoms with Gasteiger partial charge in [0, 0.05) is 12.4 Å². The Balaban J connectivity index is 0.00000276. The molecule has 8 rings (SSSR count). The van der Waals surface area contributed by atoms with Crippen LogP contribution in [0.3, 0.4) is 0 Å². The fourth-order valence-electron chi connectivity index (χ4n) is 6.00. The minimum atomic E-state index is 0. The van der Waals surface area contributed by atoms with Gasteiger partial charge in [-0.1, -0.05) is 96.1 Å². The SMILES string of the molecule is [Pt+2].c1ccc(-c2cccc3c2[N-]c2c(cccc2-c2cccc4c2[n-]c2c(-c5ccccn5)cccc24)CC3)nc1. The van der Waals surface area contributed by atoms with Crippen LogP contribution in [0.2, 0.25) is 0 Å². The summed E-state index contributed by atoms with van der Waals surface area (Å²) in [4.78, 5) is 14.5. The Kier molecular flexibility index (Phi) is 6.49. The molecule has 0 saturated carbocycles. The van der Waals surface area contributed by atoms with Gasteiger partial charge in [-0.2, -0.15) is 0 Å². The van der Waals surface area contributed by atoms with E-state index in [0.717, 1.165) is 79.7 Å². The molecule has 0 amide bonds. The summed E-state index contributed by atoms with van der Waals surface area (Å²) in [5.74, 6) is 0. The normalized spacial score (nSPS) is 12.2. The molecule has 0 bridgehead atoms. The zero-order valence-electron chi connectivity index (χ0n) is 22.1. The first-order valence-corrected chi connectivity index (χ1v) is 13.6. The number of benzene rings is 4. The Hall–Kier alpha value is -4.53. The maximum absolute atomic E-state index is 5.40. The number of nitrogens with zero attached hydrogens (tertiary/aromatic N) is 4. The van der Waals surface area contributed by atoms with Crippen LogP contribution in [0.5, 0.6) is 0 Å². The predicted molar refractivity (Wildman–Crippen MR) is 163 cm³/mol. The quantitative estimate of drug-likeness (QED) is 0.184. The molecule has 0 aliphatic carbocycles. The van der Waals surface area contributed by atoms with Crippen LogP contribution in [0.1, 0.15) is 11.1 Å². The summed E-state index contributed by atoms with van der Waals surface area (Å²) in [6.45, 7) is 0.